The molecule has 26 heavy (non-hydrogen) atoms. The van der Waals surface area contributed by atoms with E-state index < -0.39 is 17.6 Å². The van der Waals surface area contributed by atoms with Crippen molar-refractivity contribution in [1.82, 2.24) is 20.0 Å². The van der Waals surface area contributed by atoms with Gasteiger partial charge in [0.25, 0.3) is 0 Å². The van der Waals surface area contributed by atoms with Crippen LogP contribution in [0.15, 0.2) is 41.0 Å². The van der Waals surface area contributed by atoms with Gasteiger partial charge in [0.05, 0.1) is 17.8 Å². The number of nitrogens with one attached hydrogen (secondary N) is 2. The molecular weight excluding hydrogens is 370 g/mol. The fraction of sp³-hybridized carbons (Fsp3) is 0.250. The first-order chi connectivity index (χ1) is 12.4. The van der Waals surface area contributed by atoms with E-state index in [4.69, 9.17) is 0 Å². The second-order valence-electron chi connectivity index (χ2n) is 5.40. The van der Waals surface area contributed by atoms with Gasteiger partial charge < -0.3 is 10.6 Å². The standard InChI is InChI=1S/C16H15F4N5S/c1-21-14(23-8-12-9-25-4-5-26-15(25)24-12)22-7-10-2-3-11(17)6-13(10)16(18,19)20/h2-6,9H,7-8H2,1H3,(H2,21,22,23). The van der Waals surface area contributed by atoms with E-state index in [2.05, 4.69) is 20.6 Å². The summed E-state index contributed by atoms with van der Waals surface area (Å²) in [5.41, 5.74) is -0.295. The van der Waals surface area contributed by atoms with Crippen molar-refractivity contribution < 1.29 is 17.6 Å². The zero-order chi connectivity index (χ0) is 18.7. The Labute approximate surface area is 150 Å². The number of hydrogen-bond donors (Lipinski definition) is 2. The van der Waals surface area contributed by atoms with E-state index in [1.54, 1.807) is 0 Å². The topological polar surface area (TPSA) is 53.7 Å². The SMILES string of the molecule is CN=C(NCc1cn2ccsc2n1)NCc1ccc(F)cc1C(F)(F)F. The van der Waals surface area contributed by atoms with Gasteiger partial charge in [-0.3, -0.25) is 9.39 Å². The molecule has 5 nitrogen and oxygen atoms in total. The fourth-order valence-corrected chi connectivity index (χ4v) is 3.12. The van der Waals surface area contributed by atoms with Crippen LogP contribution < -0.4 is 10.6 Å². The summed E-state index contributed by atoms with van der Waals surface area (Å²) in [4.78, 5) is 9.23. The molecule has 0 spiro atoms. The monoisotopic (exact) mass is 385 g/mol. The van der Waals surface area contributed by atoms with Gasteiger partial charge in [0.1, 0.15) is 5.82 Å². The minimum atomic E-state index is -4.63. The van der Waals surface area contributed by atoms with E-state index in [1.165, 1.54) is 18.4 Å². The first-order valence-electron chi connectivity index (χ1n) is 7.58. The lowest BCUT2D eigenvalue weighted by atomic mass is 10.1. The van der Waals surface area contributed by atoms with E-state index in [0.29, 0.717) is 18.6 Å². The number of thiazole rings is 1. The molecule has 0 atom stereocenters. The van der Waals surface area contributed by atoms with Gasteiger partial charge in [0.15, 0.2) is 10.9 Å². The third-order valence-electron chi connectivity index (χ3n) is 3.63. The highest BCUT2D eigenvalue weighted by atomic mass is 32.1. The van der Waals surface area contributed by atoms with Gasteiger partial charge in [0.2, 0.25) is 0 Å². The maximum Gasteiger partial charge on any atom is 0.416 e. The van der Waals surface area contributed by atoms with Crippen LogP contribution in [0.3, 0.4) is 0 Å². The van der Waals surface area contributed by atoms with Crippen molar-refractivity contribution in [2.45, 2.75) is 19.3 Å². The van der Waals surface area contributed by atoms with Gasteiger partial charge in [-0.05, 0) is 17.7 Å². The molecule has 2 aromatic heterocycles. The molecule has 2 N–H and O–H groups in total. The summed E-state index contributed by atoms with van der Waals surface area (Å²) in [7, 11) is 1.51. The number of rotatable bonds is 4. The highest BCUT2D eigenvalue weighted by Gasteiger charge is 2.33. The molecule has 0 bridgehead atoms. The van der Waals surface area contributed by atoms with Gasteiger partial charge in [-0.2, -0.15) is 13.2 Å². The number of guanidine groups is 1. The summed E-state index contributed by atoms with van der Waals surface area (Å²) in [6, 6.07) is 2.60. The molecule has 138 valence electrons. The van der Waals surface area contributed by atoms with Crippen LogP contribution in [0.5, 0.6) is 0 Å². The summed E-state index contributed by atoms with van der Waals surface area (Å²) < 4.78 is 54.1. The first-order valence-corrected chi connectivity index (χ1v) is 8.46. The second-order valence-corrected chi connectivity index (χ2v) is 6.28. The molecule has 0 saturated carbocycles. The predicted molar refractivity (Wildman–Crippen MR) is 91.5 cm³/mol. The van der Waals surface area contributed by atoms with Crippen molar-refractivity contribution in [1.29, 1.82) is 0 Å². The number of halogens is 4. The highest BCUT2D eigenvalue weighted by molar-refractivity contribution is 7.15. The molecule has 3 aromatic rings. The van der Waals surface area contributed by atoms with Crippen molar-refractivity contribution >= 4 is 22.3 Å². The summed E-state index contributed by atoms with van der Waals surface area (Å²) >= 11 is 1.50. The van der Waals surface area contributed by atoms with E-state index in [-0.39, 0.29) is 12.1 Å². The first kappa shape index (κ1) is 18.2. The summed E-state index contributed by atoms with van der Waals surface area (Å²) in [5, 5.41) is 7.71. The number of nitrogens with zero attached hydrogens (tertiary/aromatic N) is 3. The molecule has 10 heteroatoms. The van der Waals surface area contributed by atoms with E-state index in [1.807, 2.05) is 22.2 Å². The minimum absolute atomic E-state index is 0.0654. The lowest BCUT2D eigenvalue weighted by Crippen LogP contribution is -2.36. The van der Waals surface area contributed by atoms with Crippen LogP contribution in [0.25, 0.3) is 4.96 Å². The van der Waals surface area contributed by atoms with Crippen molar-refractivity contribution in [3.63, 3.8) is 0 Å². The molecule has 0 saturated heterocycles. The van der Waals surface area contributed by atoms with Gasteiger partial charge >= 0.3 is 6.18 Å². The van der Waals surface area contributed by atoms with Crippen molar-refractivity contribution in [2.24, 2.45) is 4.99 Å². The summed E-state index contributed by atoms with van der Waals surface area (Å²) in [6.45, 7) is 0.219. The minimum Gasteiger partial charge on any atom is -0.352 e. The van der Waals surface area contributed by atoms with Crippen LogP contribution in [0.2, 0.25) is 0 Å². The summed E-state index contributed by atoms with van der Waals surface area (Å²) in [5.74, 6) is -0.609. The molecule has 2 heterocycles. The molecular formula is C16H15F4N5S. The van der Waals surface area contributed by atoms with E-state index >= 15 is 0 Å². The van der Waals surface area contributed by atoms with Crippen molar-refractivity contribution in [2.75, 3.05) is 7.05 Å². The van der Waals surface area contributed by atoms with Crippen LogP contribution in [-0.2, 0) is 19.3 Å². The molecule has 0 aliphatic heterocycles. The quantitative estimate of drug-likeness (QED) is 0.411. The van der Waals surface area contributed by atoms with Crippen molar-refractivity contribution in [3.05, 3.63) is 58.6 Å². The lowest BCUT2D eigenvalue weighted by molar-refractivity contribution is -0.138. The molecule has 0 amide bonds. The predicted octanol–water partition coefficient (Wildman–Crippen LogP) is 3.42. The Morgan fingerprint density at radius 2 is 2.04 bits per heavy atom. The maximum atomic E-state index is 13.1. The Kier molecular flexibility index (Phi) is 5.12. The van der Waals surface area contributed by atoms with Gasteiger partial charge in [-0.1, -0.05) is 6.07 Å². The molecule has 3 rings (SSSR count). The van der Waals surface area contributed by atoms with Crippen LogP contribution in [0.1, 0.15) is 16.8 Å². The van der Waals surface area contributed by atoms with Crippen molar-refractivity contribution in [3.8, 4) is 0 Å². The zero-order valence-electron chi connectivity index (χ0n) is 13.6. The Morgan fingerprint density at radius 1 is 1.27 bits per heavy atom. The Hall–Kier alpha value is -2.62. The maximum absolute atomic E-state index is 13.1. The van der Waals surface area contributed by atoms with Gasteiger partial charge in [-0.25, -0.2) is 9.37 Å². The molecule has 0 fully saturated rings. The van der Waals surface area contributed by atoms with Gasteiger partial charge in [0, 0.05) is 31.4 Å². The Balaban J connectivity index is 1.63. The average Bonchev–Trinajstić information content (AvgIpc) is 3.16. The summed E-state index contributed by atoms with van der Waals surface area (Å²) in [6.07, 6.45) is -0.886. The number of aromatic nitrogens is 2. The number of imidazole rings is 1. The zero-order valence-corrected chi connectivity index (χ0v) is 14.5. The normalized spacial score (nSPS) is 12.6. The number of alkyl halides is 3. The van der Waals surface area contributed by atoms with Crippen LogP contribution in [0, 0.1) is 5.82 Å². The highest BCUT2D eigenvalue weighted by Crippen LogP contribution is 2.32. The van der Waals surface area contributed by atoms with Gasteiger partial charge in [-0.15, -0.1) is 11.3 Å². The molecule has 1 aromatic carbocycles. The van der Waals surface area contributed by atoms with E-state index in [9.17, 15) is 17.6 Å². The van der Waals surface area contributed by atoms with Crippen LogP contribution in [0.4, 0.5) is 17.6 Å². The Morgan fingerprint density at radius 3 is 2.73 bits per heavy atom. The second kappa shape index (κ2) is 7.32. The smallest absolute Gasteiger partial charge is 0.352 e. The molecule has 0 aliphatic rings. The molecule has 0 unspecified atom stereocenters. The van der Waals surface area contributed by atoms with E-state index in [0.717, 1.165) is 22.8 Å². The molecule has 0 aliphatic carbocycles. The number of fused-ring (bicyclic) bond motifs is 1. The largest absolute Gasteiger partial charge is 0.416 e. The number of hydrogen-bond acceptors (Lipinski definition) is 3. The third-order valence-corrected chi connectivity index (χ3v) is 4.40. The lowest BCUT2D eigenvalue weighted by Gasteiger charge is -2.15. The number of benzene rings is 1. The Bertz CT molecular complexity index is 900. The fourth-order valence-electron chi connectivity index (χ4n) is 2.40. The molecule has 0 radical (unpaired) electrons. The van der Waals surface area contributed by atoms with Crippen LogP contribution in [-0.4, -0.2) is 22.4 Å². The average molecular weight is 385 g/mol. The van der Waals surface area contributed by atoms with Crippen LogP contribution >= 0.6 is 11.3 Å². The number of aliphatic imine (C=N–C) groups is 1. The third kappa shape index (κ3) is 4.13.